The van der Waals surface area contributed by atoms with Gasteiger partial charge in [0.15, 0.2) is 5.78 Å². The Balaban J connectivity index is 2.10. The van der Waals surface area contributed by atoms with Gasteiger partial charge in [0, 0.05) is 11.8 Å². The van der Waals surface area contributed by atoms with E-state index in [1.54, 1.807) is 6.92 Å². The number of allylic oxidation sites excluding steroid dienone is 8. The highest BCUT2D eigenvalue weighted by Crippen LogP contribution is 2.53. The van der Waals surface area contributed by atoms with Crippen molar-refractivity contribution in [2.75, 3.05) is 0 Å². The Labute approximate surface area is 176 Å². The zero-order valence-electron chi connectivity index (χ0n) is 19.0. The first-order chi connectivity index (χ1) is 13.6. The summed E-state index contributed by atoms with van der Waals surface area (Å²) >= 11 is 0. The predicted molar refractivity (Wildman–Crippen MR) is 120 cm³/mol. The molecule has 2 aliphatic carbocycles. The maximum atomic E-state index is 12.5. The number of carbonyl (C=O) groups excluding carboxylic acids is 1. The van der Waals surface area contributed by atoms with Crippen molar-refractivity contribution >= 4 is 5.78 Å². The standard InChI is InChI=1S/C26H38O3/c1-17(2)23-16-26(7)20(5)25(14-13-22(26)15-24(23)28)29-21(6)18(3)11-9-8-10-12-19(4)27/h8-11,15,19-20,23,25,27H,1,12-14,16H2,2-7H3/b10-8+,11-9+,21-18+. The average molecular weight is 399 g/mol. The first kappa shape index (κ1) is 23.4. The lowest BCUT2D eigenvalue weighted by Gasteiger charge is -2.49. The maximum absolute atomic E-state index is 12.5. The van der Waals surface area contributed by atoms with E-state index >= 15 is 0 Å². The second-order valence-corrected chi connectivity index (χ2v) is 9.19. The maximum Gasteiger partial charge on any atom is 0.162 e. The molecule has 3 nitrogen and oxygen atoms in total. The first-order valence-corrected chi connectivity index (χ1v) is 10.8. The highest BCUT2D eigenvalue weighted by atomic mass is 16.5. The number of aliphatic hydroxyl groups excluding tert-OH is 1. The lowest BCUT2D eigenvalue weighted by molar-refractivity contribution is -0.120. The second kappa shape index (κ2) is 9.75. The van der Waals surface area contributed by atoms with Gasteiger partial charge in [-0.25, -0.2) is 0 Å². The van der Waals surface area contributed by atoms with Crippen LogP contribution in [-0.2, 0) is 9.53 Å². The van der Waals surface area contributed by atoms with Crippen LogP contribution in [0.1, 0.15) is 67.2 Å². The summed E-state index contributed by atoms with van der Waals surface area (Å²) in [6, 6.07) is 0. The van der Waals surface area contributed by atoms with Gasteiger partial charge in [0.05, 0.1) is 11.9 Å². The minimum atomic E-state index is -0.311. The van der Waals surface area contributed by atoms with Crippen molar-refractivity contribution in [2.24, 2.45) is 17.3 Å². The molecule has 0 heterocycles. The molecule has 1 saturated carbocycles. The molecule has 0 spiro atoms. The third kappa shape index (κ3) is 5.60. The number of fused-ring (bicyclic) bond motifs is 1. The van der Waals surface area contributed by atoms with E-state index in [1.807, 2.05) is 44.2 Å². The molecule has 5 atom stereocenters. The monoisotopic (exact) mass is 398 g/mol. The number of ether oxygens (including phenoxy) is 1. The van der Waals surface area contributed by atoms with Gasteiger partial charge in [0.2, 0.25) is 0 Å². The molecule has 160 valence electrons. The fourth-order valence-electron chi connectivity index (χ4n) is 4.46. The van der Waals surface area contributed by atoms with Crippen molar-refractivity contribution in [1.29, 1.82) is 0 Å². The quantitative estimate of drug-likeness (QED) is 0.321. The van der Waals surface area contributed by atoms with Crippen molar-refractivity contribution in [3.8, 4) is 0 Å². The molecule has 2 aliphatic rings. The normalized spacial score (nSPS) is 32.0. The highest BCUT2D eigenvalue weighted by Gasteiger charge is 2.48. The fraction of sp³-hybridized carbons (Fsp3) is 0.577. The zero-order chi connectivity index (χ0) is 21.8. The van der Waals surface area contributed by atoms with Crippen LogP contribution in [0.25, 0.3) is 0 Å². The lowest BCUT2D eigenvalue weighted by atomic mass is 9.57. The van der Waals surface area contributed by atoms with E-state index in [1.165, 1.54) is 5.57 Å². The van der Waals surface area contributed by atoms with Crippen LogP contribution in [0.5, 0.6) is 0 Å². The van der Waals surface area contributed by atoms with Gasteiger partial charge in [0.25, 0.3) is 0 Å². The predicted octanol–water partition coefficient (Wildman–Crippen LogP) is 6.08. The van der Waals surface area contributed by atoms with E-state index < -0.39 is 0 Å². The minimum Gasteiger partial charge on any atom is -0.494 e. The van der Waals surface area contributed by atoms with Crippen LogP contribution in [0.4, 0.5) is 0 Å². The molecule has 0 aliphatic heterocycles. The summed E-state index contributed by atoms with van der Waals surface area (Å²) in [6.07, 6.45) is 13.0. The Hall–Kier alpha value is -1.87. The molecule has 5 unspecified atom stereocenters. The zero-order valence-corrected chi connectivity index (χ0v) is 19.0. The molecular formula is C26H38O3. The van der Waals surface area contributed by atoms with Crippen molar-refractivity contribution < 1.29 is 14.6 Å². The Morgan fingerprint density at radius 3 is 2.69 bits per heavy atom. The summed E-state index contributed by atoms with van der Waals surface area (Å²) in [5.41, 5.74) is 3.33. The summed E-state index contributed by atoms with van der Waals surface area (Å²) in [6.45, 7) is 16.4. The molecule has 0 bridgehead atoms. The topological polar surface area (TPSA) is 46.5 Å². The smallest absolute Gasteiger partial charge is 0.162 e. The van der Waals surface area contributed by atoms with Crippen LogP contribution < -0.4 is 0 Å². The summed E-state index contributed by atoms with van der Waals surface area (Å²) in [4.78, 5) is 12.5. The Morgan fingerprint density at radius 1 is 1.38 bits per heavy atom. The third-order valence-corrected chi connectivity index (χ3v) is 6.83. The van der Waals surface area contributed by atoms with E-state index in [2.05, 4.69) is 27.4 Å². The number of rotatable bonds is 7. The number of hydrogen-bond acceptors (Lipinski definition) is 3. The van der Waals surface area contributed by atoms with E-state index in [4.69, 9.17) is 4.74 Å². The molecular weight excluding hydrogens is 360 g/mol. The molecule has 1 fully saturated rings. The van der Waals surface area contributed by atoms with Gasteiger partial charge < -0.3 is 9.84 Å². The van der Waals surface area contributed by atoms with Gasteiger partial charge in [-0.3, -0.25) is 4.79 Å². The van der Waals surface area contributed by atoms with E-state index in [0.29, 0.717) is 12.3 Å². The number of hydrogen-bond donors (Lipinski definition) is 1. The summed E-state index contributed by atoms with van der Waals surface area (Å²) < 4.78 is 6.43. The van der Waals surface area contributed by atoms with Crippen molar-refractivity contribution in [1.82, 2.24) is 0 Å². The van der Waals surface area contributed by atoms with Gasteiger partial charge >= 0.3 is 0 Å². The molecule has 0 radical (unpaired) electrons. The number of carbonyl (C=O) groups is 1. The molecule has 2 rings (SSSR count). The lowest BCUT2D eigenvalue weighted by Crippen LogP contribution is -2.45. The second-order valence-electron chi connectivity index (χ2n) is 9.19. The first-order valence-electron chi connectivity index (χ1n) is 10.8. The van der Waals surface area contributed by atoms with Gasteiger partial charge in [-0.1, -0.05) is 55.9 Å². The molecule has 29 heavy (non-hydrogen) atoms. The fourth-order valence-corrected chi connectivity index (χ4v) is 4.46. The van der Waals surface area contributed by atoms with Crippen LogP contribution in [0.2, 0.25) is 0 Å². The van der Waals surface area contributed by atoms with E-state index in [-0.39, 0.29) is 29.3 Å². The molecule has 0 aromatic carbocycles. The molecule has 3 heteroatoms. The van der Waals surface area contributed by atoms with Gasteiger partial charge in [-0.15, -0.1) is 0 Å². The van der Waals surface area contributed by atoms with Crippen LogP contribution in [0.3, 0.4) is 0 Å². The minimum absolute atomic E-state index is 0.0196. The van der Waals surface area contributed by atoms with Crippen molar-refractivity contribution in [2.45, 2.75) is 79.4 Å². The van der Waals surface area contributed by atoms with Gasteiger partial charge in [-0.2, -0.15) is 0 Å². The van der Waals surface area contributed by atoms with Gasteiger partial charge in [0.1, 0.15) is 6.10 Å². The van der Waals surface area contributed by atoms with E-state index in [0.717, 1.165) is 36.2 Å². The molecule has 0 amide bonds. The van der Waals surface area contributed by atoms with Crippen LogP contribution in [0.15, 0.2) is 59.4 Å². The highest BCUT2D eigenvalue weighted by molar-refractivity contribution is 5.95. The third-order valence-electron chi connectivity index (χ3n) is 6.83. The summed E-state index contributed by atoms with van der Waals surface area (Å²) in [7, 11) is 0. The van der Waals surface area contributed by atoms with E-state index in [9.17, 15) is 9.90 Å². The molecule has 1 N–H and O–H groups in total. The average Bonchev–Trinajstić information content (AvgIpc) is 2.64. The SMILES string of the molecule is C=C(C)C1CC2(C)C(=CC1=O)CCC(O/C(C)=C(C)/C=C/C=C/CC(C)O)C2C. The Kier molecular flexibility index (Phi) is 7.87. The molecule has 0 saturated heterocycles. The summed E-state index contributed by atoms with van der Waals surface area (Å²) in [5, 5.41) is 9.29. The summed E-state index contributed by atoms with van der Waals surface area (Å²) in [5.74, 6) is 1.42. The Morgan fingerprint density at radius 2 is 2.07 bits per heavy atom. The Bertz CT molecular complexity index is 750. The van der Waals surface area contributed by atoms with Crippen LogP contribution in [0, 0.1) is 17.3 Å². The number of aliphatic hydroxyl groups is 1. The van der Waals surface area contributed by atoms with Gasteiger partial charge in [-0.05, 0) is 70.4 Å². The van der Waals surface area contributed by atoms with Crippen molar-refractivity contribution in [3.05, 3.63) is 59.4 Å². The largest absolute Gasteiger partial charge is 0.494 e. The van der Waals surface area contributed by atoms with Crippen LogP contribution in [-0.4, -0.2) is 23.1 Å². The van der Waals surface area contributed by atoms with Crippen LogP contribution >= 0.6 is 0 Å². The molecule has 0 aromatic heterocycles. The van der Waals surface area contributed by atoms with Crippen molar-refractivity contribution in [3.63, 3.8) is 0 Å². The molecule has 0 aromatic rings. The number of ketones is 1.